The van der Waals surface area contributed by atoms with Crippen LogP contribution in [0.2, 0.25) is 0 Å². The lowest BCUT2D eigenvalue weighted by Crippen LogP contribution is -2.56. The van der Waals surface area contributed by atoms with Crippen LogP contribution in [-0.4, -0.2) is 44.5 Å². The summed E-state index contributed by atoms with van der Waals surface area (Å²) in [6.45, 7) is 8.92. The molecule has 0 amide bonds. The highest BCUT2D eigenvalue weighted by atomic mass is 32.2. The van der Waals surface area contributed by atoms with Crippen LogP contribution in [0.25, 0.3) is 0 Å². The van der Waals surface area contributed by atoms with Gasteiger partial charge in [0.05, 0.1) is 5.25 Å². The Morgan fingerprint density at radius 2 is 1.77 bits per heavy atom. The molecule has 0 N–H and O–H groups in total. The Morgan fingerprint density at radius 3 is 2.08 bits per heavy atom. The van der Waals surface area contributed by atoms with Crippen molar-refractivity contribution in [3.05, 3.63) is 0 Å². The van der Waals surface area contributed by atoms with E-state index in [1.807, 2.05) is 0 Å². The number of hydrogen-bond acceptors (Lipinski definition) is 3. The molecule has 1 fully saturated rings. The van der Waals surface area contributed by atoms with Crippen LogP contribution in [-0.2, 0) is 9.84 Å². The van der Waals surface area contributed by atoms with Crippen LogP contribution in [0, 0.1) is 5.41 Å². The summed E-state index contributed by atoms with van der Waals surface area (Å²) in [6.07, 6.45) is 1.33. The Bertz CT molecular complexity index is 270. The first kappa shape index (κ1) is 11.0. The Kier molecular flexibility index (Phi) is 2.74. The van der Waals surface area contributed by atoms with Crippen molar-refractivity contribution < 1.29 is 8.42 Å². The van der Waals surface area contributed by atoms with E-state index in [0.29, 0.717) is 0 Å². The normalized spacial score (nSPS) is 21.5. The Hall–Kier alpha value is -0.0900. The van der Waals surface area contributed by atoms with Crippen molar-refractivity contribution in [1.29, 1.82) is 0 Å². The van der Waals surface area contributed by atoms with Crippen molar-refractivity contribution >= 4 is 9.84 Å². The molecule has 0 aromatic carbocycles. The number of rotatable bonds is 2. The summed E-state index contributed by atoms with van der Waals surface area (Å²) in [6, 6.07) is 0. The van der Waals surface area contributed by atoms with E-state index < -0.39 is 9.84 Å². The van der Waals surface area contributed by atoms with Crippen molar-refractivity contribution in [2.45, 2.75) is 26.0 Å². The van der Waals surface area contributed by atoms with Crippen LogP contribution in [0.1, 0.15) is 20.8 Å². The van der Waals surface area contributed by atoms with Crippen molar-refractivity contribution in [1.82, 2.24) is 4.90 Å². The zero-order valence-corrected chi connectivity index (χ0v) is 9.69. The van der Waals surface area contributed by atoms with Gasteiger partial charge < -0.3 is 4.90 Å². The van der Waals surface area contributed by atoms with Gasteiger partial charge in [-0.15, -0.1) is 0 Å². The molecule has 1 saturated heterocycles. The van der Waals surface area contributed by atoms with Crippen molar-refractivity contribution in [2.75, 3.05) is 25.9 Å². The van der Waals surface area contributed by atoms with E-state index in [1.165, 1.54) is 6.26 Å². The molecular weight excluding hydrogens is 186 g/mol. The number of likely N-dealkylation sites (tertiary alicyclic amines) is 1. The van der Waals surface area contributed by atoms with Gasteiger partial charge in [0.25, 0.3) is 0 Å². The quantitative estimate of drug-likeness (QED) is 0.668. The predicted molar refractivity (Wildman–Crippen MR) is 54.5 cm³/mol. The molecule has 3 nitrogen and oxygen atoms in total. The second-order valence-corrected chi connectivity index (χ2v) is 7.53. The van der Waals surface area contributed by atoms with Gasteiger partial charge in [0.15, 0.2) is 9.84 Å². The minimum Gasteiger partial charge on any atom is -0.300 e. The molecule has 1 aliphatic heterocycles. The van der Waals surface area contributed by atoms with E-state index in [1.54, 1.807) is 0 Å². The molecule has 1 aliphatic rings. The summed E-state index contributed by atoms with van der Waals surface area (Å²) in [5.41, 5.74) is 0.266. The maximum atomic E-state index is 11.1. The molecule has 13 heavy (non-hydrogen) atoms. The first-order chi connectivity index (χ1) is 5.68. The number of hydrogen-bond donors (Lipinski definition) is 0. The fraction of sp³-hybridized carbons (Fsp3) is 1.00. The highest BCUT2D eigenvalue weighted by Crippen LogP contribution is 2.22. The first-order valence-electron chi connectivity index (χ1n) is 4.60. The summed E-state index contributed by atoms with van der Waals surface area (Å²) >= 11 is 0. The smallest absolute Gasteiger partial charge is 0.152 e. The van der Waals surface area contributed by atoms with E-state index in [2.05, 4.69) is 25.7 Å². The maximum Gasteiger partial charge on any atom is 0.152 e. The van der Waals surface area contributed by atoms with E-state index in [-0.39, 0.29) is 10.7 Å². The Balaban J connectivity index is 2.35. The highest BCUT2D eigenvalue weighted by Gasteiger charge is 2.35. The molecule has 0 aromatic heterocycles. The molecule has 1 heterocycles. The van der Waals surface area contributed by atoms with E-state index in [4.69, 9.17) is 0 Å². The summed E-state index contributed by atoms with van der Waals surface area (Å²) in [4.78, 5) is 2.20. The van der Waals surface area contributed by atoms with Gasteiger partial charge in [-0.05, 0) is 5.41 Å². The van der Waals surface area contributed by atoms with E-state index >= 15 is 0 Å². The SMILES string of the molecule is CC(C)(C)CN1CC(S(C)(=O)=O)C1. The molecule has 0 saturated carbocycles. The van der Waals surface area contributed by atoms with Crippen LogP contribution < -0.4 is 0 Å². The monoisotopic (exact) mass is 205 g/mol. The standard InChI is InChI=1S/C9H19NO2S/c1-9(2,3)7-10-5-8(6-10)13(4,11)12/h8H,5-7H2,1-4H3. The van der Waals surface area contributed by atoms with Gasteiger partial charge in [-0.2, -0.15) is 0 Å². The van der Waals surface area contributed by atoms with E-state index in [0.717, 1.165) is 19.6 Å². The van der Waals surface area contributed by atoms with Gasteiger partial charge in [0.2, 0.25) is 0 Å². The van der Waals surface area contributed by atoms with Crippen LogP contribution in [0.5, 0.6) is 0 Å². The van der Waals surface area contributed by atoms with Crippen LogP contribution in [0.15, 0.2) is 0 Å². The fourth-order valence-corrected chi connectivity index (χ4v) is 2.56. The topological polar surface area (TPSA) is 37.4 Å². The average molecular weight is 205 g/mol. The average Bonchev–Trinajstić information content (AvgIpc) is 1.71. The summed E-state index contributed by atoms with van der Waals surface area (Å²) < 4.78 is 22.2. The third kappa shape index (κ3) is 3.27. The van der Waals surface area contributed by atoms with Crippen molar-refractivity contribution in [2.24, 2.45) is 5.41 Å². The summed E-state index contributed by atoms with van der Waals surface area (Å²) in [5.74, 6) is 0. The highest BCUT2D eigenvalue weighted by molar-refractivity contribution is 7.91. The van der Waals surface area contributed by atoms with Crippen molar-refractivity contribution in [3.63, 3.8) is 0 Å². The van der Waals surface area contributed by atoms with Crippen LogP contribution in [0.4, 0.5) is 0 Å². The van der Waals surface area contributed by atoms with Gasteiger partial charge in [-0.1, -0.05) is 20.8 Å². The van der Waals surface area contributed by atoms with Crippen LogP contribution in [0.3, 0.4) is 0 Å². The van der Waals surface area contributed by atoms with Gasteiger partial charge in [-0.25, -0.2) is 8.42 Å². The predicted octanol–water partition coefficient (Wildman–Crippen LogP) is 0.761. The lowest BCUT2D eigenvalue weighted by Gasteiger charge is -2.41. The fourth-order valence-electron chi connectivity index (χ4n) is 1.59. The molecule has 0 spiro atoms. The molecule has 0 bridgehead atoms. The van der Waals surface area contributed by atoms with Gasteiger partial charge in [0, 0.05) is 25.9 Å². The second-order valence-electron chi connectivity index (χ2n) is 5.21. The maximum absolute atomic E-state index is 11.1. The van der Waals surface area contributed by atoms with Gasteiger partial charge in [-0.3, -0.25) is 0 Å². The molecule has 1 rings (SSSR count). The third-order valence-corrected chi connectivity index (χ3v) is 3.74. The van der Waals surface area contributed by atoms with Gasteiger partial charge in [0.1, 0.15) is 0 Å². The van der Waals surface area contributed by atoms with Crippen LogP contribution >= 0.6 is 0 Å². The molecule has 0 unspecified atom stereocenters. The number of nitrogens with zero attached hydrogens (tertiary/aromatic N) is 1. The zero-order chi connectivity index (χ0) is 10.3. The summed E-state index contributed by atoms with van der Waals surface area (Å²) in [5, 5.41) is -0.116. The van der Waals surface area contributed by atoms with Crippen molar-refractivity contribution in [3.8, 4) is 0 Å². The largest absolute Gasteiger partial charge is 0.300 e. The Labute approximate surface area is 81.0 Å². The summed E-state index contributed by atoms with van der Waals surface area (Å²) in [7, 11) is -2.80. The molecular formula is C9H19NO2S. The molecule has 0 aliphatic carbocycles. The minimum absolute atomic E-state index is 0.116. The van der Waals surface area contributed by atoms with E-state index in [9.17, 15) is 8.42 Å². The minimum atomic E-state index is -2.80. The molecule has 0 atom stereocenters. The zero-order valence-electron chi connectivity index (χ0n) is 8.87. The van der Waals surface area contributed by atoms with Gasteiger partial charge >= 0.3 is 0 Å². The molecule has 0 aromatic rings. The molecule has 78 valence electrons. The number of sulfone groups is 1. The lowest BCUT2D eigenvalue weighted by molar-refractivity contribution is 0.128. The molecule has 4 heteroatoms. The lowest BCUT2D eigenvalue weighted by atomic mass is 9.94. The third-order valence-electron chi connectivity index (χ3n) is 2.23. The molecule has 0 radical (unpaired) electrons. The second kappa shape index (κ2) is 3.24. The first-order valence-corrected chi connectivity index (χ1v) is 6.55. The Morgan fingerprint density at radius 1 is 1.31 bits per heavy atom.